The lowest BCUT2D eigenvalue weighted by atomic mass is 10.2. The highest BCUT2D eigenvalue weighted by atomic mass is 16.5. The van der Waals surface area contributed by atoms with Gasteiger partial charge in [0, 0.05) is 57.5 Å². The zero-order valence-corrected chi connectivity index (χ0v) is 12.6. The van der Waals surface area contributed by atoms with Gasteiger partial charge in [0.25, 0.3) is 0 Å². The second-order valence-electron chi connectivity index (χ2n) is 5.30. The predicted octanol–water partition coefficient (Wildman–Crippen LogP) is 2.30. The van der Waals surface area contributed by atoms with Gasteiger partial charge in [-0.3, -0.25) is 4.98 Å². The molecule has 1 N–H and O–H groups in total. The molecule has 19 heavy (non-hydrogen) atoms. The highest BCUT2D eigenvalue weighted by molar-refractivity contribution is 5.51. The lowest BCUT2D eigenvalue weighted by Crippen LogP contribution is -2.24. The number of nitrogens with one attached hydrogen (secondary N) is 1. The first-order chi connectivity index (χ1) is 9.15. The SMILES string of the molecule is COCCCN(C)c1ccncc1CNCC(C)C. The molecule has 1 heterocycles. The summed E-state index contributed by atoms with van der Waals surface area (Å²) in [5.41, 5.74) is 2.51. The number of hydrogen-bond acceptors (Lipinski definition) is 4. The maximum absolute atomic E-state index is 5.10. The number of aromatic nitrogens is 1. The summed E-state index contributed by atoms with van der Waals surface area (Å²) < 4.78 is 5.10. The first-order valence-corrected chi connectivity index (χ1v) is 6.98. The average Bonchev–Trinajstić information content (AvgIpc) is 2.39. The number of pyridine rings is 1. The van der Waals surface area contributed by atoms with Gasteiger partial charge >= 0.3 is 0 Å². The zero-order chi connectivity index (χ0) is 14.1. The number of anilines is 1. The summed E-state index contributed by atoms with van der Waals surface area (Å²) in [6, 6.07) is 2.08. The van der Waals surface area contributed by atoms with E-state index in [2.05, 4.69) is 42.2 Å². The Hall–Kier alpha value is -1.13. The van der Waals surface area contributed by atoms with Crippen molar-refractivity contribution in [2.24, 2.45) is 5.92 Å². The van der Waals surface area contributed by atoms with Crippen molar-refractivity contribution in [1.82, 2.24) is 10.3 Å². The van der Waals surface area contributed by atoms with Crippen molar-refractivity contribution < 1.29 is 4.74 Å². The molecule has 108 valence electrons. The van der Waals surface area contributed by atoms with E-state index in [1.165, 1.54) is 11.3 Å². The van der Waals surface area contributed by atoms with Crippen molar-refractivity contribution in [3.8, 4) is 0 Å². The van der Waals surface area contributed by atoms with Crippen molar-refractivity contribution in [1.29, 1.82) is 0 Å². The van der Waals surface area contributed by atoms with Gasteiger partial charge in [-0.25, -0.2) is 0 Å². The van der Waals surface area contributed by atoms with E-state index in [9.17, 15) is 0 Å². The predicted molar refractivity (Wildman–Crippen MR) is 80.5 cm³/mol. The highest BCUT2D eigenvalue weighted by Crippen LogP contribution is 2.18. The molecule has 1 aromatic rings. The molecular formula is C15H27N3O. The first-order valence-electron chi connectivity index (χ1n) is 6.98. The minimum atomic E-state index is 0.666. The monoisotopic (exact) mass is 265 g/mol. The van der Waals surface area contributed by atoms with Crippen molar-refractivity contribution in [2.75, 3.05) is 38.8 Å². The molecule has 1 aromatic heterocycles. The Bertz CT molecular complexity index is 355. The van der Waals surface area contributed by atoms with Crippen molar-refractivity contribution in [3.63, 3.8) is 0 Å². The van der Waals surface area contributed by atoms with Crippen LogP contribution in [0.25, 0.3) is 0 Å². The van der Waals surface area contributed by atoms with E-state index >= 15 is 0 Å². The van der Waals surface area contributed by atoms with Gasteiger partial charge < -0.3 is 15.0 Å². The van der Waals surface area contributed by atoms with Crippen LogP contribution in [0.15, 0.2) is 18.5 Å². The summed E-state index contributed by atoms with van der Waals surface area (Å²) in [7, 11) is 3.87. The molecule has 0 radical (unpaired) electrons. The molecule has 0 fully saturated rings. The molecule has 0 aromatic carbocycles. The lowest BCUT2D eigenvalue weighted by Gasteiger charge is -2.22. The Labute approximate surface area is 117 Å². The van der Waals surface area contributed by atoms with E-state index < -0.39 is 0 Å². The van der Waals surface area contributed by atoms with Crippen molar-refractivity contribution in [3.05, 3.63) is 24.0 Å². The molecule has 4 heteroatoms. The molecule has 4 nitrogen and oxygen atoms in total. The van der Waals surface area contributed by atoms with Crippen LogP contribution in [0.3, 0.4) is 0 Å². The van der Waals surface area contributed by atoms with Crippen LogP contribution < -0.4 is 10.2 Å². The molecule has 0 bridgehead atoms. The second-order valence-corrected chi connectivity index (χ2v) is 5.30. The Morgan fingerprint density at radius 3 is 2.89 bits per heavy atom. The fraction of sp³-hybridized carbons (Fsp3) is 0.667. The van der Waals surface area contributed by atoms with E-state index in [0.717, 1.165) is 32.7 Å². The van der Waals surface area contributed by atoms with Gasteiger partial charge in [0.2, 0.25) is 0 Å². The molecule has 0 unspecified atom stereocenters. The second kappa shape index (κ2) is 8.88. The zero-order valence-electron chi connectivity index (χ0n) is 12.6. The topological polar surface area (TPSA) is 37.4 Å². The normalized spacial score (nSPS) is 11.0. The maximum Gasteiger partial charge on any atom is 0.0479 e. The Balaban J connectivity index is 2.56. The molecule has 0 aliphatic heterocycles. The van der Waals surface area contributed by atoms with Gasteiger partial charge in [-0.05, 0) is 24.9 Å². The molecule has 0 saturated heterocycles. The Kier molecular flexibility index (Phi) is 7.45. The molecule has 0 saturated carbocycles. The van der Waals surface area contributed by atoms with Crippen LogP contribution in [0.2, 0.25) is 0 Å². The maximum atomic E-state index is 5.10. The fourth-order valence-corrected chi connectivity index (χ4v) is 1.99. The summed E-state index contributed by atoms with van der Waals surface area (Å²) >= 11 is 0. The van der Waals surface area contributed by atoms with Gasteiger partial charge in [0.1, 0.15) is 0 Å². The van der Waals surface area contributed by atoms with Gasteiger partial charge in [-0.2, -0.15) is 0 Å². The van der Waals surface area contributed by atoms with Crippen LogP contribution in [0, 0.1) is 5.92 Å². The molecule has 0 amide bonds. The summed E-state index contributed by atoms with van der Waals surface area (Å²) in [6.07, 6.45) is 4.85. The molecule has 0 atom stereocenters. The van der Waals surface area contributed by atoms with Gasteiger partial charge in [-0.1, -0.05) is 13.8 Å². The van der Waals surface area contributed by atoms with Gasteiger partial charge in [0.15, 0.2) is 0 Å². The number of ether oxygens (including phenoxy) is 1. The van der Waals surface area contributed by atoms with Gasteiger partial charge in [0.05, 0.1) is 0 Å². The quantitative estimate of drug-likeness (QED) is 0.695. The largest absolute Gasteiger partial charge is 0.385 e. The number of hydrogen-bond donors (Lipinski definition) is 1. The lowest BCUT2D eigenvalue weighted by molar-refractivity contribution is 0.196. The van der Waals surface area contributed by atoms with E-state index in [-0.39, 0.29) is 0 Å². The highest BCUT2D eigenvalue weighted by Gasteiger charge is 2.07. The standard InChI is InChI=1S/C15H27N3O/c1-13(2)10-17-12-14-11-16-7-6-15(14)18(3)8-5-9-19-4/h6-7,11,13,17H,5,8-10,12H2,1-4H3. The van der Waals surface area contributed by atoms with Crippen molar-refractivity contribution >= 4 is 5.69 Å². The van der Waals surface area contributed by atoms with Crippen LogP contribution in [0.5, 0.6) is 0 Å². The minimum Gasteiger partial charge on any atom is -0.385 e. The molecule has 0 spiro atoms. The third kappa shape index (κ3) is 6.03. The van der Waals surface area contributed by atoms with E-state index in [1.54, 1.807) is 7.11 Å². The van der Waals surface area contributed by atoms with Crippen LogP contribution in [0.4, 0.5) is 5.69 Å². The van der Waals surface area contributed by atoms with Crippen LogP contribution >= 0.6 is 0 Å². The summed E-state index contributed by atoms with van der Waals surface area (Å²) in [6.45, 7) is 8.13. The summed E-state index contributed by atoms with van der Waals surface area (Å²) in [5, 5.41) is 3.47. The van der Waals surface area contributed by atoms with Gasteiger partial charge in [-0.15, -0.1) is 0 Å². The molecule has 0 aliphatic rings. The van der Waals surface area contributed by atoms with E-state index in [0.29, 0.717) is 5.92 Å². The minimum absolute atomic E-state index is 0.666. The summed E-state index contributed by atoms with van der Waals surface area (Å²) in [4.78, 5) is 6.50. The summed E-state index contributed by atoms with van der Waals surface area (Å²) in [5.74, 6) is 0.666. The molecular weight excluding hydrogens is 238 g/mol. The van der Waals surface area contributed by atoms with Crippen molar-refractivity contribution in [2.45, 2.75) is 26.8 Å². The van der Waals surface area contributed by atoms with Crippen LogP contribution in [0.1, 0.15) is 25.8 Å². The number of rotatable bonds is 9. The third-order valence-corrected chi connectivity index (χ3v) is 3.00. The average molecular weight is 265 g/mol. The molecule has 0 aliphatic carbocycles. The third-order valence-electron chi connectivity index (χ3n) is 3.00. The van der Waals surface area contributed by atoms with E-state index in [4.69, 9.17) is 4.74 Å². The Morgan fingerprint density at radius 1 is 1.42 bits per heavy atom. The molecule has 1 rings (SSSR count). The Morgan fingerprint density at radius 2 is 2.21 bits per heavy atom. The van der Waals surface area contributed by atoms with Crippen LogP contribution in [-0.2, 0) is 11.3 Å². The van der Waals surface area contributed by atoms with Crippen LogP contribution in [-0.4, -0.2) is 38.8 Å². The number of methoxy groups -OCH3 is 1. The van der Waals surface area contributed by atoms with E-state index in [1.807, 2.05) is 12.4 Å². The fourth-order valence-electron chi connectivity index (χ4n) is 1.99. The first kappa shape index (κ1) is 15.9. The smallest absolute Gasteiger partial charge is 0.0479 e. The number of nitrogens with zero attached hydrogens (tertiary/aromatic N) is 2.